The molecule has 1 atom stereocenters. The lowest BCUT2D eigenvalue weighted by molar-refractivity contribution is 0.222. The number of hydrogen-bond donors (Lipinski definition) is 1. The maximum absolute atomic E-state index is 12.7. The summed E-state index contributed by atoms with van der Waals surface area (Å²) in [5.74, 6) is 1.95. The van der Waals surface area contributed by atoms with Crippen molar-refractivity contribution in [3.8, 4) is 5.75 Å². The van der Waals surface area contributed by atoms with Gasteiger partial charge in [-0.3, -0.25) is 0 Å². The van der Waals surface area contributed by atoms with Gasteiger partial charge in [0.05, 0.1) is 7.11 Å². The quantitative estimate of drug-likeness (QED) is 0.768. The van der Waals surface area contributed by atoms with Crippen LogP contribution in [0.4, 0.5) is 10.5 Å². The Bertz CT molecular complexity index is 968. The summed E-state index contributed by atoms with van der Waals surface area (Å²) in [6, 6.07) is 11.2. The second-order valence-electron chi connectivity index (χ2n) is 6.65. The number of carbonyl (C=O) groups excluding carboxylic acids is 1. The first-order valence-corrected chi connectivity index (χ1v) is 9.20. The van der Waals surface area contributed by atoms with Crippen LogP contribution in [0.2, 0.25) is 0 Å². The smallest absolute Gasteiger partial charge is 0.321 e. The molecule has 140 valence electrons. The third-order valence-corrected chi connectivity index (χ3v) is 5.01. The summed E-state index contributed by atoms with van der Waals surface area (Å²) in [5, 5.41) is 2.95. The third-order valence-electron chi connectivity index (χ3n) is 5.01. The monoisotopic (exact) mass is 365 g/mol. The van der Waals surface area contributed by atoms with Gasteiger partial charge in [-0.1, -0.05) is 6.07 Å². The topological polar surface area (TPSA) is 72.3 Å². The highest BCUT2D eigenvalue weighted by molar-refractivity contribution is 5.89. The van der Waals surface area contributed by atoms with Crippen LogP contribution in [0.1, 0.15) is 25.1 Å². The Balaban J connectivity index is 1.49. The molecule has 0 radical (unpaired) electrons. The van der Waals surface area contributed by atoms with Crippen molar-refractivity contribution in [2.45, 2.75) is 25.8 Å². The number of hydrogen-bond acceptors (Lipinski definition) is 4. The summed E-state index contributed by atoms with van der Waals surface area (Å²) < 4.78 is 7.37. The van der Waals surface area contributed by atoms with Crippen molar-refractivity contribution in [1.82, 2.24) is 19.4 Å². The Hall–Kier alpha value is -3.09. The Morgan fingerprint density at radius 3 is 3.04 bits per heavy atom. The molecule has 3 aromatic rings. The van der Waals surface area contributed by atoms with Crippen molar-refractivity contribution < 1.29 is 9.53 Å². The number of rotatable bonds is 4. The molecule has 1 unspecified atom stereocenters. The lowest BCUT2D eigenvalue weighted by Crippen LogP contribution is -2.33. The fourth-order valence-corrected chi connectivity index (χ4v) is 3.66. The maximum atomic E-state index is 12.7. The van der Waals surface area contributed by atoms with E-state index in [1.54, 1.807) is 13.3 Å². The van der Waals surface area contributed by atoms with E-state index in [0.29, 0.717) is 13.1 Å². The van der Waals surface area contributed by atoms with Gasteiger partial charge in [-0.05, 0) is 37.6 Å². The van der Waals surface area contributed by atoms with E-state index in [1.807, 2.05) is 41.3 Å². The van der Waals surface area contributed by atoms with Crippen LogP contribution in [0.15, 0.2) is 42.6 Å². The highest BCUT2D eigenvalue weighted by Crippen LogP contribution is 2.29. The molecular weight excluding hydrogens is 342 g/mol. The van der Waals surface area contributed by atoms with Gasteiger partial charge in [0.2, 0.25) is 0 Å². The van der Waals surface area contributed by atoms with E-state index >= 15 is 0 Å². The van der Waals surface area contributed by atoms with Crippen LogP contribution in [0, 0.1) is 0 Å². The molecule has 2 amide bonds. The fraction of sp³-hybridized carbons (Fsp3) is 0.350. The van der Waals surface area contributed by atoms with Crippen molar-refractivity contribution in [1.29, 1.82) is 0 Å². The highest BCUT2D eigenvalue weighted by Gasteiger charge is 2.31. The van der Waals surface area contributed by atoms with Gasteiger partial charge in [-0.2, -0.15) is 0 Å². The number of pyridine rings is 1. The van der Waals surface area contributed by atoms with E-state index in [1.165, 1.54) is 0 Å². The molecule has 1 fully saturated rings. The Kier molecular flexibility index (Phi) is 4.66. The Morgan fingerprint density at radius 2 is 2.22 bits per heavy atom. The molecule has 7 heteroatoms. The first-order valence-electron chi connectivity index (χ1n) is 9.20. The number of nitrogens with zero attached hydrogens (tertiary/aromatic N) is 4. The second kappa shape index (κ2) is 7.26. The Morgan fingerprint density at radius 1 is 1.33 bits per heavy atom. The summed E-state index contributed by atoms with van der Waals surface area (Å²) in [6.45, 7) is 4.27. The number of urea groups is 1. The summed E-state index contributed by atoms with van der Waals surface area (Å²) in [6.07, 6.45) is 2.69. The number of benzene rings is 1. The van der Waals surface area contributed by atoms with Crippen molar-refractivity contribution in [2.75, 3.05) is 25.5 Å². The molecular formula is C20H23N5O2. The highest BCUT2D eigenvalue weighted by atomic mass is 16.5. The van der Waals surface area contributed by atoms with Gasteiger partial charge < -0.3 is 19.5 Å². The Labute approximate surface area is 158 Å². The van der Waals surface area contributed by atoms with Crippen LogP contribution < -0.4 is 10.1 Å². The van der Waals surface area contributed by atoms with E-state index in [4.69, 9.17) is 9.72 Å². The van der Waals surface area contributed by atoms with Gasteiger partial charge >= 0.3 is 6.03 Å². The lowest BCUT2D eigenvalue weighted by Gasteiger charge is -2.18. The maximum Gasteiger partial charge on any atom is 0.321 e. The molecule has 27 heavy (non-hydrogen) atoms. The van der Waals surface area contributed by atoms with Crippen LogP contribution >= 0.6 is 0 Å². The number of aryl methyl sites for hydroxylation is 1. The van der Waals surface area contributed by atoms with Crippen molar-refractivity contribution in [3.05, 3.63) is 48.4 Å². The first kappa shape index (κ1) is 17.3. The molecule has 3 heterocycles. The second-order valence-corrected chi connectivity index (χ2v) is 6.65. The molecule has 1 N–H and O–H groups in total. The molecule has 1 aliphatic rings. The number of aromatic nitrogens is 3. The lowest BCUT2D eigenvalue weighted by atomic mass is 10.1. The van der Waals surface area contributed by atoms with Crippen LogP contribution in [0.3, 0.4) is 0 Å². The van der Waals surface area contributed by atoms with E-state index in [0.717, 1.165) is 41.4 Å². The summed E-state index contributed by atoms with van der Waals surface area (Å²) >= 11 is 0. The van der Waals surface area contributed by atoms with Gasteiger partial charge in [0, 0.05) is 43.5 Å². The van der Waals surface area contributed by atoms with Gasteiger partial charge in [0.15, 0.2) is 5.65 Å². The molecule has 1 aromatic carbocycles. The van der Waals surface area contributed by atoms with E-state index in [9.17, 15) is 4.79 Å². The zero-order valence-electron chi connectivity index (χ0n) is 15.6. The average molecular weight is 365 g/mol. The molecule has 0 spiro atoms. The minimum atomic E-state index is -0.0944. The number of nitrogens with one attached hydrogen (secondary N) is 1. The van der Waals surface area contributed by atoms with Gasteiger partial charge in [0.1, 0.15) is 17.1 Å². The number of anilines is 1. The molecule has 0 saturated carbocycles. The van der Waals surface area contributed by atoms with Crippen LogP contribution in [0.5, 0.6) is 5.75 Å². The van der Waals surface area contributed by atoms with Crippen LogP contribution in [-0.2, 0) is 6.54 Å². The number of ether oxygens (including phenoxy) is 1. The summed E-state index contributed by atoms with van der Waals surface area (Å²) in [7, 11) is 1.61. The number of likely N-dealkylation sites (tertiary alicyclic amines) is 1. The van der Waals surface area contributed by atoms with E-state index in [-0.39, 0.29) is 11.9 Å². The van der Waals surface area contributed by atoms with Crippen molar-refractivity contribution in [3.63, 3.8) is 0 Å². The first-order chi connectivity index (χ1) is 13.2. The zero-order chi connectivity index (χ0) is 18.8. The predicted octanol–water partition coefficient (Wildman–Crippen LogP) is 3.48. The number of carbonyl (C=O) groups is 1. The predicted molar refractivity (Wildman–Crippen MR) is 104 cm³/mol. The molecule has 1 aliphatic heterocycles. The zero-order valence-corrected chi connectivity index (χ0v) is 15.6. The van der Waals surface area contributed by atoms with Crippen molar-refractivity contribution >= 4 is 22.9 Å². The fourth-order valence-electron chi connectivity index (χ4n) is 3.66. The molecule has 0 bridgehead atoms. The van der Waals surface area contributed by atoms with Gasteiger partial charge in [-0.15, -0.1) is 0 Å². The molecule has 2 aromatic heterocycles. The summed E-state index contributed by atoms with van der Waals surface area (Å²) in [5.41, 5.74) is 2.55. The number of methoxy groups -OCH3 is 1. The van der Waals surface area contributed by atoms with Gasteiger partial charge in [-0.25, -0.2) is 14.8 Å². The minimum absolute atomic E-state index is 0.0944. The van der Waals surface area contributed by atoms with Crippen LogP contribution in [0.25, 0.3) is 11.2 Å². The number of fused-ring (bicyclic) bond motifs is 1. The molecule has 7 nitrogen and oxygen atoms in total. The standard InChI is InChI=1S/C20H23N5O2/c1-3-25-18(23-17-8-5-10-21-19(17)25)14-9-11-24(13-14)20(26)22-15-6-4-7-16(12-15)27-2/h4-8,10,12,14H,3,9,11,13H2,1-2H3,(H,22,26). The average Bonchev–Trinajstić information content (AvgIpc) is 3.32. The third kappa shape index (κ3) is 3.32. The van der Waals surface area contributed by atoms with Gasteiger partial charge in [0.25, 0.3) is 0 Å². The molecule has 0 aliphatic carbocycles. The minimum Gasteiger partial charge on any atom is -0.497 e. The largest absolute Gasteiger partial charge is 0.497 e. The normalized spacial score (nSPS) is 16.7. The SMILES string of the molecule is CCn1c(C2CCN(C(=O)Nc3cccc(OC)c3)C2)nc2cccnc21. The van der Waals surface area contributed by atoms with Crippen LogP contribution in [-0.4, -0.2) is 45.7 Å². The van der Waals surface area contributed by atoms with E-state index in [2.05, 4.69) is 21.8 Å². The van der Waals surface area contributed by atoms with E-state index < -0.39 is 0 Å². The number of amides is 2. The number of imidazole rings is 1. The molecule has 4 rings (SSSR count). The summed E-state index contributed by atoms with van der Waals surface area (Å²) in [4.78, 5) is 23.8. The van der Waals surface area contributed by atoms with Crippen molar-refractivity contribution in [2.24, 2.45) is 0 Å². The molecule has 1 saturated heterocycles.